The number of Topliss-reactive ketones (excluding diaryl/α,β-unsaturated/α-hetero) is 2. The average molecular weight is 844 g/mol. The minimum Gasteiger partial charge on any atom is -0.455 e. The zero-order valence-corrected chi connectivity index (χ0v) is 36.9. The maximum atomic E-state index is 16.9. The summed E-state index contributed by atoms with van der Waals surface area (Å²) in [6.07, 6.45) is 3.95. The molecule has 3 aliphatic heterocycles. The molecule has 0 radical (unpaired) electrons. The van der Waals surface area contributed by atoms with Gasteiger partial charge in [-0.25, -0.2) is 19.0 Å². The predicted molar refractivity (Wildman–Crippen MR) is 219 cm³/mol. The predicted octanol–water partition coefficient (Wildman–Crippen LogP) is 5.46. The Morgan fingerprint density at radius 3 is 2.40 bits per heavy atom. The van der Waals surface area contributed by atoms with E-state index >= 15 is 4.39 Å². The molecule has 2 aromatic rings. The number of pyridine rings is 1. The smallest absolute Gasteiger partial charge is 0.410 e. The van der Waals surface area contributed by atoms with E-state index in [0.29, 0.717) is 25.9 Å². The van der Waals surface area contributed by atoms with Crippen LogP contribution in [0.5, 0.6) is 0 Å². The lowest BCUT2D eigenvalue weighted by Crippen LogP contribution is -2.62. The van der Waals surface area contributed by atoms with E-state index < -0.39 is 89.2 Å². The number of likely N-dealkylation sites (N-methyl/N-ethyl adjacent to an activating group) is 1. The van der Waals surface area contributed by atoms with Crippen LogP contribution in [0.15, 0.2) is 37.1 Å². The van der Waals surface area contributed by atoms with Crippen LogP contribution in [0.3, 0.4) is 0 Å². The number of aromatic nitrogens is 3. The zero-order chi connectivity index (χ0) is 44.2. The van der Waals surface area contributed by atoms with Crippen LogP contribution in [0.25, 0.3) is 11.3 Å². The van der Waals surface area contributed by atoms with Crippen molar-refractivity contribution in [2.75, 3.05) is 20.2 Å². The normalized spacial score (nSPS) is 37.0. The molecule has 15 nitrogen and oxygen atoms in total. The minimum atomic E-state index is -3.17. The van der Waals surface area contributed by atoms with Gasteiger partial charge in [0.2, 0.25) is 0 Å². The van der Waals surface area contributed by atoms with Gasteiger partial charge in [-0.2, -0.15) is 0 Å². The Morgan fingerprint density at radius 1 is 1.03 bits per heavy atom. The Labute approximate surface area is 353 Å². The number of unbranched alkanes of at least 4 members (excludes halogenated alkanes) is 2. The van der Waals surface area contributed by atoms with Crippen molar-refractivity contribution in [1.29, 1.82) is 0 Å². The van der Waals surface area contributed by atoms with Gasteiger partial charge in [-0.3, -0.25) is 14.6 Å². The number of imidazole rings is 1. The molecule has 0 spiro atoms. The van der Waals surface area contributed by atoms with Crippen molar-refractivity contribution in [3.05, 3.63) is 37.1 Å². The number of methoxy groups -OCH3 is 1. The van der Waals surface area contributed by atoms with Gasteiger partial charge in [0, 0.05) is 68.1 Å². The number of fused-ring (bicyclic) bond motifs is 1. The Hall–Kier alpha value is -3.83. The van der Waals surface area contributed by atoms with Gasteiger partial charge in [0.05, 0.1) is 35.9 Å². The molecule has 0 aliphatic carbocycles. The molecule has 2 aromatic heterocycles. The van der Waals surface area contributed by atoms with E-state index in [1.54, 1.807) is 53.3 Å². The molecule has 60 heavy (non-hydrogen) atoms. The van der Waals surface area contributed by atoms with Crippen LogP contribution in [0, 0.1) is 17.8 Å². The van der Waals surface area contributed by atoms with E-state index in [4.69, 9.17) is 23.7 Å². The van der Waals surface area contributed by atoms with Gasteiger partial charge in [-0.15, -0.1) is 0 Å². The number of nitrogens with zero attached hydrogens (tertiary/aromatic N) is 4. The molecule has 334 valence electrons. The van der Waals surface area contributed by atoms with Gasteiger partial charge in [-0.1, -0.05) is 34.6 Å². The minimum absolute atomic E-state index is 0.00358. The van der Waals surface area contributed by atoms with Gasteiger partial charge in [-0.05, 0) is 84.9 Å². The number of aliphatic hydroxyl groups is 1. The van der Waals surface area contributed by atoms with Crippen LogP contribution in [0.2, 0.25) is 0 Å². The highest BCUT2D eigenvalue weighted by Crippen LogP contribution is 2.43. The third kappa shape index (κ3) is 9.77. The Balaban J connectivity index is 1.42. The van der Waals surface area contributed by atoms with Gasteiger partial charge in [0.25, 0.3) is 5.67 Å². The van der Waals surface area contributed by atoms with Crippen LogP contribution >= 0.6 is 0 Å². The summed E-state index contributed by atoms with van der Waals surface area (Å²) in [5.41, 5.74) is -4.46. The number of esters is 1. The molecule has 13 atom stereocenters. The number of aryl methyl sites for hydroxylation is 1. The lowest BCUT2D eigenvalue weighted by molar-refractivity contribution is -0.290. The first-order valence-corrected chi connectivity index (χ1v) is 21.5. The maximum Gasteiger partial charge on any atom is 0.410 e. The van der Waals surface area contributed by atoms with Crippen molar-refractivity contribution in [2.24, 2.45) is 17.8 Å². The highest BCUT2D eigenvalue weighted by Gasteiger charge is 2.61. The molecule has 2 N–H and O–H groups in total. The van der Waals surface area contributed by atoms with Crippen molar-refractivity contribution >= 4 is 23.6 Å². The Morgan fingerprint density at radius 2 is 1.75 bits per heavy atom. The number of carbonyl (C=O) groups excluding carboxylic acids is 4. The number of hydrogen-bond acceptors (Lipinski definition) is 13. The summed E-state index contributed by atoms with van der Waals surface area (Å²) < 4.78 is 49.5. The van der Waals surface area contributed by atoms with Crippen molar-refractivity contribution in [3.8, 4) is 11.3 Å². The molecule has 0 bridgehead atoms. The van der Waals surface area contributed by atoms with E-state index in [0.717, 1.165) is 31.0 Å². The molecule has 0 saturated carbocycles. The van der Waals surface area contributed by atoms with E-state index in [-0.39, 0.29) is 31.3 Å². The number of ether oxygens (including phenoxy) is 5. The number of nitrogens with one attached hydrogen (secondary N) is 1. The van der Waals surface area contributed by atoms with E-state index in [9.17, 15) is 24.3 Å². The van der Waals surface area contributed by atoms with Crippen LogP contribution in [0.4, 0.5) is 9.18 Å². The third-order valence-electron chi connectivity index (χ3n) is 12.9. The fourth-order valence-electron chi connectivity index (χ4n) is 9.59. The largest absolute Gasteiger partial charge is 0.455 e. The van der Waals surface area contributed by atoms with Crippen LogP contribution < -0.4 is 5.32 Å². The summed E-state index contributed by atoms with van der Waals surface area (Å²) in [5.74, 6) is -5.75. The standard InChI is InChI=1S/C44H66FN5O10/c1-11-33-44(9)36(50(41(55)60-44)20-15-13-14-19-49-24-32(48-25-49)30-17-16-18-46-23-30)28(5)34(51)26(3)22-42(7,56-10)38(29(6)37(53)43(8,45)40(54)58-33)59-39-35(52)31(47-12-2)21-27(4)57-39/h16-18,23-29,31,33,35-36,38-39,47,52H,11-15,19-22H2,1-10H3/t26-,27-,28+,29+,31+,33-,35+,36?,38-,39+,42-,43+,44-/m1/s1. The summed E-state index contributed by atoms with van der Waals surface area (Å²) in [6, 6.07) is 2.50. The first-order chi connectivity index (χ1) is 28.3. The molecule has 3 saturated heterocycles. The summed E-state index contributed by atoms with van der Waals surface area (Å²) in [7, 11) is 1.41. The summed E-state index contributed by atoms with van der Waals surface area (Å²) in [4.78, 5) is 66.9. The van der Waals surface area contributed by atoms with E-state index in [1.807, 2.05) is 36.7 Å². The monoisotopic (exact) mass is 843 g/mol. The molecular formula is C44H66FN5O10. The lowest BCUT2D eigenvalue weighted by atomic mass is 9.73. The molecule has 1 amide bonds. The molecule has 3 fully saturated rings. The summed E-state index contributed by atoms with van der Waals surface area (Å²) in [6.45, 7) is 16.0. The fourth-order valence-corrected chi connectivity index (χ4v) is 9.59. The molecule has 16 heteroatoms. The molecule has 1 unspecified atom stereocenters. The molecule has 0 aromatic carbocycles. The molecular weight excluding hydrogens is 778 g/mol. The van der Waals surface area contributed by atoms with Gasteiger partial charge < -0.3 is 43.6 Å². The number of hydrogen-bond donors (Lipinski definition) is 2. The Kier molecular flexibility index (Phi) is 15.3. The van der Waals surface area contributed by atoms with E-state index in [2.05, 4.69) is 15.3 Å². The molecule has 3 aliphatic rings. The van der Waals surface area contributed by atoms with Crippen molar-refractivity contribution in [2.45, 2.75) is 167 Å². The number of halogens is 1. The zero-order valence-electron chi connectivity index (χ0n) is 36.9. The second kappa shape index (κ2) is 19.5. The molecule has 5 rings (SSSR count). The van der Waals surface area contributed by atoms with Crippen molar-refractivity contribution in [3.63, 3.8) is 0 Å². The number of rotatable bonds is 13. The van der Waals surface area contributed by atoms with Crippen LogP contribution in [0.1, 0.15) is 101 Å². The fraction of sp³-hybridized carbons (Fsp3) is 0.727. The topological polar surface area (TPSA) is 181 Å². The van der Waals surface area contributed by atoms with Gasteiger partial charge >= 0.3 is 12.1 Å². The van der Waals surface area contributed by atoms with Gasteiger partial charge in [0.1, 0.15) is 18.0 Å². The summed E-state index contributed by atoms with van der Waals surface area (Å²) in [5, 5.41) is 14.6. The highest BCUT2D eigenvalue weighted by atomic mass is 19.1. The SMILES string of the molecule is CCN[C@H]1C[C@@H](C)O[C@@H](O[C@@H]2[C@@H](C)C(=O)[C@](C)(F)C(=O)O[C@H](CC)[C@@]3(C)OC(=O)N(CCCCCn4cnc(-c5cccnc5)c4)C3[C@@H](C)C(=O)[C@H](C)C[C@@]2(C)OC)[C@H]1O. The Bertz CT molecular complexity index is 1800. The number of carbonyl (C=O) groups is 4. The van der Waals surface area contributed by atoms with Gasteiger partial charge in [0.15, 0.2) is 17.7 Å². The summed E-state index contributed by atoms with van der Waals surface area (Å²) >= 11 is 0. The number of alkyl halides is 1. The number of aliphatic hydroxyl groups excluding tert-OH is 1. The highest BCUT2D eigenvalue weighted by molar-refractivity contribution is 6.08. The van der Waals surface area contributed by atoms with Crippen LogP contribution in [-0.4, -0.2) is 128 Å². The number of amides is 1. The average Bonchev–Trinajstić information content (AvgIpc) is 3.80. The third-order valence-corrected chi connectivity index (χ3v) is 12.9. The van der Waals surface area contributed by atoms with Crippen LogP contribution in [-0.2, 0) is 44.6 Å². The van der Waals surface area contributed by atoms with Crippen molar-refractivity contribution in [1.82, 2.24) is 24.8 Å². The second-order valence-electron chi connectivity index (χ2n) is 17.5. The van der Waals surface area contributed by atoms with E-state index in [1.165, 1.54) is 18.9 Å². The molecule has 5 heterocycles. The maximum absolute atomic E-state index is 16.9. The lowest BCUT2D eigenvalue weighted by Gasteiger charge is -2.46. The van der Waals surface area contributed by atoms with Crippen molar-refractivity contribution < 1.29 is 52.4 Å². The number of cyclic esters (lactones) is 1. The second-order valence-corrected chi connectivity index (χ2v) is 17.5. The first kappa shape index (κ1) is 47.2. The quantitative estimate of drug-likeness (QED) is 0.148. The number of ketones is 2. The first-order valence-electron chi connectivity index (χ1n) is 21.5.